The van der Waals surface area contributed by atoms with Gasteiger partial charge in [0.2, 0.25) is 11.8 Å². The number of nitrogens with zero attached hydrogens (tertiary/aromatic N) is 1. The van der Waals surface area contributed by atoms with Gasteiger partial charge in [-0.3, -0.25) is 9.59 Å². The Labute approximate surface area is 97.4 Å². The number of hydrogen-bond donors (Lipinski definition) is 1. The third-order valence-corrected chi connectivity index (χ3v) is 3.09. The Morgan fingerprint density at radius 3 is 2.62 bits per heavy atom. The van der Waals surface area contributed by atoms with Crippen LogP contribution in [0.5, 0.6) is 0 Å². The molecule has 0 spiro atoms. The van der Waals surface area contributed by atoms with Crippen LogP contribution in [0.4, 0.5) is 0 Å². The summed E-state index contributed by atoms with van der Waals surface area (Å²) in [6.45, 7) is 6.75. The van der Waals surface area contributed by atoms with Crippen molar-refractivity contribution in [1.82, 2.24) is 10.2 Å². The zero-order valence-electron chi connectivity index (χ0n) is 10.5. The Bertz CT molecular complexity index is 266. The van der Waals surface area contributed by atoms with Crippen LogP contribution >= 0.6 is 0 Å². The largest absolute Gasteiger partial charge is 0.344 e. The molecule has 1 fully saturated rings. The molecule has 2 atom stereocenters. The zero-order chi connectivity index (χ0) is 12.1. The third kappa shape index (κ3) is 2.97. The first-order chi connectivity index (χ1) is 7.60. The van der Waals surface area contributed by atoms with Gasteiger partial charge in [0.25, 0.3) is 0 Å². The van der Waals surface area contributed by atoms with E-state index < -0.39 is 0 Å². The molecule has 1 rings (SSSR count). The molecule has 4 nitrogen and oxygen atoms in total. The minimum atomic E-state index is -0.325. The summed E-state index contributed by atoms with van der Waals surface area (Å²) < 4.78 is 0. The van der Waals surface area contributed by atoms with Crippen molar-refractivity contribution in [1.29, 1.82) is 0 Å². The second-order valence-corrected chi connectivity index (χ2v) is 4.47. The maximum atomic E-state index is 12.1. The quantitative estimate of drug-likeness (QED) is 0.785. The lowest BCUT2D eigenvalue weighted by molar-refractivity contribution is -0.135. The zero-order valence-corrected chi connectivity index (χ0v) is 10.5. The van der Waals surface area contributed by atoms with Crippen molar-refractivity contribution >= 4 is 11.8 Å². The first-order valence-electron chi connectivity index (χ1n) is 6.20. The Morgan fingerprint density at radius 1 is 1.38 bits per heavy atom. The van der Waals surface area contributed by atoms with E-state index in [2.05, 4.69) is 12.2 Å². The van der Waals surface area contributed by atoms with Gasteiger partial charge in [-0.15, -0.1) is 0 Å². The number of hydrogen-bond acceptors (Lipinski definition) is 2. The lowest BCUT2D eigenvalue weighted by atomic mass is 10.1. The minimum absolute atomic E-state index is 0.00769. The highest BCUT2D eigenvalue weighted by molar-refractivity contribution is 5.90. The maximum absolute atomic E-state index is 12.1. The fourth-order valence-electron chi connectivity index (χ4n) is 2.05. The van der Waals surface area contributed by atoms with E-state index in [0.717, 1.165) is 19.4 Å². The van der Waals surface area contributed by atoms with Crippen molar-refractivity contribution in [3.8, 4) is 0 Å². The molecule has 1 saturated heterocycles. The first-order valence-corrected chi connectivity index (χ1v) is 6.20. The first kappa shape index (κ1) is 13.0. The Kier molecular flexibility index (Phi) is 4.77. The monoisotopic (exact) mass is 226 g/mol. The average molecular weight is 226 g/mol. The van der Waals surface area contributed by atoms with Gasteiger partial charge in [0.1, 0.15) is 6.04 Å². The van der Waals surface area contributed by atoms with Gasteiger partial charge in [-0.1, -0.05) is 20.3 Å². The highest BCUT2D eigenvalue weighted by atomic mass is 16.2. The molecular formula is C12H22N2O2. The standard InChI is InChI=1S/C12H22N2O2/c1-4-6-7-14-9(3)8-11(15)13-10(5-2)12(14)16/h9-10H,4-8H2,1-3H3,(H,13,15). The molecule has 0 aromatic rings. The molecule has 4 heteroatoms. The van der Waals surface area contributed by atoms with Gasteiger partial charge in [0.05, 0.1) is 0 Å². The summed E-state index contributed by atoms with van der Waals surface area (Å²) in [7, 11) is 0. The summed E-state index contributed by atoms with van der Waals surface area (Å²) in [6, 6.07) is -0.301. The number of carbonyl (C=O) groups is 2. The van der Waals surface area contributed by atoms with Crippen molar-refractivity contribution in [3.05, 3.63) is 0 Å². The van der Waals surface area contributed by atoms with E-state index in [1.807, 2.05) is 18.7 Å². The van der Waals surface area contributed by atoms with E-state index in [1.165, 1.54) is 0 Å². The van der Waals surface area contributed by atoms with Gasteiger partial charge in [-0.2, -0.15) is 0 Å². The molecule has 0 saturated carbocycles. The average Bonchev–Trinajstić information content (AvgIpc) is 2.34. The lowest BCUT2D eigenvalue weighted by Crippen LogP contribution is -2.46. The molecule has 0 aromatic heterocycles. The topological polar surface area (TPSA) is 49.4 Å². The van der Waals surface area contributed by atoms with Crippen LogP contribution in [0, 0.1) is 0 Å². The molecule has 0 aliphatic carbocycles. The number of carbonyl (C=O) groups excluding carboxylic acids is 2. The Hall–Kier alpha value is -1.06. The summed E-state index contributed by atoms with van der Waals surface area (Å²) in [4.78, 5) is 25.5. The number of unbranched alkanes of at least 4 members (excludes halogenated alkanes) is 1. The second kappa shape index (κ2) is 5.87. The van der Waals surface area contributed by atoms with Gasteiger partial charge >= 0.3 is 0 Å². The van der Waals surface area contributed by atoms with E-state index in [0.29, 0.717) is 12.8 Å². The fourth-order valence-corrected chi connectivity index (χ4v) is 2.05. The van der Waals surface area contributed by atoms with Crippen molar-refractivity contribution in [2.45, 2.75) is 58.5 Å². The Morgan fingerprint density at radius 2 is 2.06 bits per heavy atom. The summed E-state index contributed by atoms with van der Waals surface area (Å²) in [5.41, 5.74) is 0. The van der Waals surface area contributed by atoms with Crippen molar-refractivity contribution in [2.24, 2.45) is 0 Å². The number of amides is 2. The van der Waals surface area contributed by atoms with Gasteiger partial charge in [0.15, 0.2) is 0 Å². The van der Waals surface area contributed by atoms with Crippen molar-refractivity contribution < 1.29 is 9.59 Å². The highest BCUT2D eigenvalue weighted by Gasteiger charge is 2.32. The van der Waals surface area contributed by atoms with Gasteiger partial charge < -0.3 is 10.2 Å². The van der Waals surface area contributed by atoms with Crippen LogP contribution in [0.1, 0.15) is 46.5 Å². The van der Waals surface area contributed by atoms with Gasteiger partial charge in [0, 0.05) is 19.0 Å². The summed E-state index contributed by atoms with van der Waals surface area (Å²) in [5, 5.41) is 2.78. The van der Waals surface area contributed by atoms with E-state index in [4.69, 9.17) is 0 Å². The van der Waals surface area contributed by atoms with Crippen molar-refractivity contribution in [3.63, 3.8) is 0 Å². The molecule has 1 aliphatic rings. The molecule has 1 heterocycles. The molecule has 0 bridgehead atoms. The highest BCUT2D eigenvalue weighted by Crippen LogP contribution is 2.13. The van der Waals surface area contributed by atoms with E-state index in [1.54, 1.807) is 0 Å². The molecule has 2 amide bonds. The molecule has 0 radical (unpaired) electrons. The molecular weight excluding hydrogens is 204 g/mol. The van der Waals surface area contributed by atoms with Crippen LogP contribution in [-0.4, -0.2) is 35.3 Å². The summed E-state index contributed by atoms with van der Waals surface area (Å²) in [5.74, 6) is 0.0704. The maximum Gasteiger partial charge on any atom is 0.245 e. The normalized spacial score (nSPS) is 26.6. The third-order valence-electron chi connectivity index (χ3n) is 3.09. The predicted octanol–water partition coefficient (Wildman–Crippen LogP) is 1.30. The Balaban J connectivity index is 2.77. The predicted molar refractivity (Wildman–Crippen MR) is 62.9 cm³/mol. The van der Waals surface area contributed by atoms with E-state index in [9.17, 15) is 9.59 Å². The van der Waals surface area contributed by atoms with E-state index in [-0.39, 0.29) is 23.9 Å². The van der Waals surface area contributed by atoms with Crippen LogP contribution < -0.4 is 5.32 Å². The number of nitrogens with one attached hydrogen (secondary N) is 1. The van der Waals surface area contributed by atoms with Crippen LogP contribution in [-0.2, 0) is 9.59 Å². The van der Waals surface area contributed by atoms with Gasteiger partial charge in [-0.05, 0) is 19.8 Å². The van der Waals surface area contributed by atoms with Crippen LogP contribution in [0.3, 0.4) is 0 Å². The molecule has 0 aromatic carbocycles. The molecule has 2 unspecified atom stereocenters. The van der Waals surface area contributed by atoms with Gasteiger partial charge in [-0.25, -0.2) is 0 Å². The second-order valence-electron chi connectivity index (χ2n) is 4.47. The SMILES string of the molecule is CCCCN1C(=O)C(CC)NC(=O)CC1C. The molecule has 1 aliphatic heterocycles. The minimum Gasteiger partial charge on any atom is -0.344 e. The lowest BCUT2D eigenvalue weighted by Gasteiger charge is -2.28. The van der Waals surface area contributed by atoms with Crippen LogP contribution in [0.15, 0.2) is 0 Å². The molecule has 1 N–H and O–H groups in total. The molecule has 16 heavy (non-hydrogen) atoms. The summed E-state index contributed by atoms with van der Waals surface area (Å²) in [6.07, 6.45) is 3.15. The number of rotatable bonds is 4. The fraction of sp³-hybridized carbons (Fsp3) is 0.833. The summed E-state index contributed by atoms with van der Waals surface area (Å²) >= 11 is 0. The molecule has 92 valence electrons. The smallest absolute Gasteiger partial charge is 0.245 e. The van der Waals surface area contributed by atoms with Crippen LogP contribution in [0.25, 0.3) is 0 Å². The van der Waals surface area contributed by atoms with Crippen LogP contribution in [0.2, 0.25) is 0 Å². The van der Waals surface area contributed by atoms with Crippen molar-refractivity contribution in [2.75, 3.05) is 6.54 Å². The van der Waals surface area contributed by atoms with E-state index >= 15 is 0 Å².